The molecule has 2 N–H and O–H groups in total. The molecule has 1 atom stereocenters. The predicted octanol–water partition coefficient (Wildman–Crippen LogP) is 3.61. The number of hydrogen-bond acceptors (Lipinski definition) is 3. The van der Waals surface area contributed by atoms with Crippen molar-refractivity contribution in [3.05, 3.63) is 59.9 Å². The molecule has 3 rings (SSSR count). The number of phenolic OH excluding ortho intramolecular Hbond substituents is 1. The van der Waals surface area contributed by atoms with Crippen LogP contribution in [0.1, 0.15) is 18.4 Å². The van der Waals surface area contributed by atoms with E-state index in [4.69, 9.17) is 0 Å². The summed E-state index contributed by atoms with van der Waals surface area (Å²) in [5, 5.41) is 12.8. The van der Waals surface area contributed by atoms with E-state index >= 15 is 0 Å². The molecule has 1 saturated heterocycles. The van der Waals surface area contributed by atoms with Crippen molar-refractivity contribution in [1.82, 2.24) is 4.90 Å². The highest BCUT2D eigenvalue weighted by Gasteiger charge is 2.19. The minimum absolute atomic E-state index is 0.207. The molecule has 2 aromatic carbocycles. The number of phenols is 1. The zero-order valence-electron chi connectivity index (χ0n) is 12.5. The predicted molar refractivity (Wildman–Crippen MR) is 86.4 cm³/mol. The van der Waals surface area contributed by atoms with E-state index in [0.29, 0.717) is 11.8 Å². The summed E-state index contributed by atoms with van der Waals surface area (Å²) in [4.78, 5) is 2.40. The number of likely N-dealkylation sites (tertiary alicyclic amines) is 1. The molecule has 22 heavy (non-hydrogen) atoms. The van der Waals surface area contributed by atoms with Crippen molar-refractivity contribution in [3.63, 3.8) is 0 Å². The topological polar surface area (TPSA) is 35.5 Å². The van der Waals surface area contributed by atoms with Crippen LogP contribution in [-0.4, -0.2) is 29.1 Å². The Labute approximate surface area is 130 Å². The maximum Gasteiger partial charge on any atom is 0.125 e. The molecule has 0 spiro atoms. The van der Waals surface area contributed by atoms with Gasteiger partial charge in [0.25, 0.3) is 0 Å². The molecule has 0 aliphatic carbocycles. The number of aromatic hydroxyl groups is 1. The van der Waals surface area contributed by atoms with Crippen LogP contribution in [-0.2, 0) is 6.54 Å². The van der Waals surface area contributed by atoms with Crippen molar-refractivity contribution in [2.45, 2.75) is 25.4 Å². The lowest BCUT2D eigenvalue weighted by Crippen LogP contribution is -2.41. The van der Waals surface area contributed by atoms with Crippen LogP contribution in [0, 0.1) is 5.82 Å². The summed E-state index contributed by atoms with van der Waals surface area (Å²) in [7, 11) is 0. The molecule has 0 bridgehead atoms. The summed E-state index contributed by atoms with van der Waals surface area (Å²) < 4.78 is 13.2. The number of hydrogen-bond donors (Lipinski definition) is 2. The molecule has 0 amide bonds. The van der Waals surface area contributed by atoms with Gasteiger partial charge in [0.05, 0.1) is 0 Å². The Kier molecular flexibility index (Phi) is 4.59. The summed E-state index contributed by atoms with van der Waals surface area (Å²) in [6.07, 6.45) is 2.23. The van der Waals surface area contributed by atoms with E-state index in [-0.39, 0.29) is 5.82 Å². The average molecular weight is 300 g/mol. The van der Waals surface area contributed by atoms with Gasteiger partial charge in [-0.15, -0.1) is 0 Å². The van der Waals surface area contributed by atoms with Gasteiger partial charge in [-0.25, -0.2) is 4.39 Å². The molecule has 0 unspecified atom stereocenters. The fourth-order valence-corrected chi connectivity index (χ4v) is 2.99. The highest BCUT2D eigenvalue weighted by atomic mass is 19.1. The number of rotatable bonds is 4. The van der Waals surface area contributed by atoms with Gasteiger partial charge < -0.3 is 10.4 Å². The van der Waals surface area contributed by atoms with Gasteiger partial charge >= 0.3 is 0 Å². The highest BCUT2D eigenvalue weighted by Crippen LogP contribution is 2.19. The Morgan fingerprint density at radius 2 is 2.00 bits per heavy atom. The van der Waals surface area contributed by atoms with Gasteiger partial charge in [0.1, 0.15) is 11.6 Å². The normalized spacial score (nSPS) is 19.0. The molecule has 1 heterocycles. The van der Waals surface area contributed by atoms with E-state index < -0.39 is 0 Å². The van der Waals surface area contributed by atoms with E-state index in [1.54, 1.807) is 24.3 Å². The molecule has 4 heteroatoms. The second-order valence-corrected chi connectivity index (χ2v) is 5.90. The lowest BCUT2D eigenvalue weighted by atomic mass is 10.0. The minimum atomic E-state index is -0.207. The first-order valence-electron chi connectivity index (χ1n) is 7.71. The number of benzene rings is 2. The van der Waals surface area contributed by atoms with Gasteiger partial charge in [0.15, 0.2) is 0 Å². The number of anilines is 1. The lowest BCUT2D eigenvalue weighted by Gasteiger charge is -2.33. The molecule has 1 aliphatic heterocycles. The third kappa shape index (κ3) is 3.98. The Morgan fingerprint density at radius 1 is 1.18 bits per heavy atom. The molecular weight excluding hydrogens is 279 g/mol. The molecule has 0 radical (unpaired) electrons. The van der Waals surface area contributed by atoms with Crippen LogP contribution >= 0.6 is 0 Å². The molecule has 1 aliphatic rings. The number of piperidine rings is 1. The largest absolute Gasteiger partial charge is 0.508 e. The molecule has 0 saturated carbocycles. The maximum atomic E-state index is 13.2. The van der Waals surface area contributed by atoms with Crippen LogP contribution in [0.4, 0.5) is 10.1 Å². The van der Waals surface area contributed by atoms with Crippen LogP contribution in [0.2, 0.25) is 0 Å². The SMILES string of the molecule is Oc1ccc(CN2CCC[C@@H](Nc3cccc(F)c3)C2)cc1. The quantitative estimate of drug-likeness (QED) is 0.905. The van der Waals surface area contributed by atoms with Gasteiger partial charge in [-0.05, 0) is 55.3 Å². The summed E-state index contributed by atoms with van der Waals surface area (Å²) >= 11 is 0. The third-order valence-electron chi connectivity index (χ3n) is 4.04. The smallest absolute Gasteiger partial charge is 0.125 e. The first-order valence-corrected chi connectivity index (χ1v) is 7.71. The molecular formula is C18H21FN2O. The van der Waals surface area contributed by atoms with Gasteiger partial charge in [0, 0.05) is 24.8 Å². The summed E-state index contributed by atoms with van der Waals surface area (Å²) in [6.45, 7) is 2.89. The van der Waals surface area contributed by atoms with Crippen molar-refractivity contribution in [2.24, 2.45) is 0 Å². The molecule has 2 aromatic rings. The van der Waals surface area contributed by atoms with Crippen molar-refractivity contribution in [2.75, 3.05) is 18.4 Å². The van der Waals surface area contributed by atoms with E-state index in [1.807, 2.05) is 18.2 Å². The molecule has 1 fully saturated rings. The van der Waals surface area contributed by atoms with Gasteiger partial charge in [0.2, 0.25) is 0 Å². The van der Waals surface area contributed by atoms with E-state index in [9.17, 15) is 9.50 Å². The molecule has 116 valence electrons. The van der Waals surface area contributed by atoms with Gasteiger partial charge in [-0.2, -0.15) is 0 Å². The fourth-order valence-electron chi connectivity index (χ4n) is 2.99. The van der Waals surface area contributed by atoms with Crippen LogP contribution in [0.15, 0.2) is 48.5 Å². The molecule has 3 nitrogen and oxygen atoms in total. The van der Waals surface area contributed by atoms with Crippen molar-refractivity contribution >= 4 is 5.69 Å². The summed E-state index contributed by atoms with van der Waals surface area (Å²) in [5.41, 5.74) is 2.04. The van der Waals surface area contributed by atoms with Crippen molar-refractivity contribution < 1.29 is 9.50 Å². The fraction of sp³-hybridized carbons (Fsp3) is 0.333. The lowest BCUT2D eigenvalue weighted by molar-refractivity contribution is 0.208. The van der Waals surface area contributed by atoms with Crippen LogP contribution < -0.4 is 5.32 Å². The second-order valence-electron chi connectivity index (χ2n) is 5.90. The van der Waals surface area contributed by atoms with E-state index in [0.717, 1.165) is 38.2 Å². The Hall–Kier alpha value is -2.07. The van der Waals surface area contributed by atoms with E-state index in [2.05, 4.69) is 10.2 Å². The van der Waals surface area contributed by atoms with Crippen molar-refractivity contribution in [1.29, 1.82) is 0 Å². The first-order chi connectivity index (χ1) is 10.7. The monoisotopic (exact) mass is 300 g/mol. The standard InChI is InChI=1S/C18H21FN2O/c19-15-3-1-4-16(11-15)20-17-5-2-10-21(13-17)12-14-6-8-18(22)9-7-14/h1,3-4,6-9,11,17,20,22H,2,5,10,12-13H2/t17-/m1/s1. The zero-order valence-corrected chi connectivity index (χ0v) is 12.5. The third-order valence-corrected chi connectivity index (χ3v) is 4.04. The minimum Gasteiger partial charge on any atom is -0.508 e. The summed E-state index contributed by atoms with van der Waals surface area (Å²) in [6, 6.07) is 14.3. The van der Waals surface area contributed by atoms with Crippen LogP contribution in [0.25, 0.3) is 0 Å². The van der Waals surface area contributed by atoms with Gasteiger partial charge in [-0.3, -0.25) is 4.90 Å². The van der Waals surface area contributed by atoms with Gasteiger partial charge in [-0.1, -0.05) is 18.2 Å². The molecule has 0 aromatic heterocycles. The Bertz CT molecular complexity index is 615. The highest BCUT2D eigenvalue weighted by molar-refractivity contribution is 5.44. The number of halogens is 1. The second kappa shape index (κ2) is 6.79. The zero-order chi connectivity index (χ0) is 15.4. The Morgan fingerprint density at radius 3 is 2.77 bits per heavy atom. The number of nitrogens with zero attached hydrogens (tertiary/aromatic N) is 1. The average Bonchev–Trinajstić information content (AvgIpc) is 2.50. The Balaban J connectivity index is 1.58. The summed E-state index contributed by atoms with van der Waals surface area (Å²) in [5.74, 6) is 0.0924. The first kappa shape index (κ1) is 14.9. The van der Waals surface area contributed by atoms with E-state index in [1.165, 1.54) is 11.6 Å². The van der Waals surface area contributed by atoms with Crippen LogP contribution in [0.3, 0.4) is 0 Å². The van der Waals surface area contributed by atoms with Crippen molar-refractivity contribution in [3.8, 4) is 5.75 Å². The maximum absolute atomic E-state index is 13.2. The number of nitrogens with one attached hydrogen (secondary N) is 1. The van der Waals surface area contributed by atoms with Crippen LogP contribution in [0.5, 0.6) is 5.75 Å².